The first-order chi connectivity index (χ1) is 8.65. The number of benzene rings is 1. The van der Waals surface area contributed by atoms with Gasteiger partial charge in [-0.15, -0.1) is 11.3 Å². The van der Waals surface area contributed by atoms with Crippen molar-refractivity contribution in [2.45, 2.75) is 27.7 Å². The summed E-state index contributed by atoms with van der Waals surface area (Å²) in [6.45, 7) is 8.00. The minimum Gasteiger partial charge on any atom is -0.389 e. The summed E-state index contributed by atoms with van der Waals surface area (Å²) in [7, 11) is 0. The molecule has 0 saturated carbocycles. The maximum atomic E-state index is 13.2. The maximum Gasteiger partial charge on any atom is 0.176 e. The van der Waals surface area contributed by atoms with Crippen LogP contribution in [0.5, 0.6) is 0 Å². The summed E-state index contributed by atoms with van der Waals surface area (Å²) in [5.74, 6) is -1.87. The molecule has 1 aromatic carbocycles. The maximum absolute atomic E-state index is 13.2. The topological polar surface area (TPSA) is 49.8 Å². The van der Waals surface area contributed by atoms with Gasteiger partial charge in [0, 0.05) is 5.39 Å². The molecule has 0 spiro atoms. The highest BCUT2D eigenvalue weighted by Crippen LogP contribution is 2.35. The Morgan fingerprint density at radius 3 is 2.22 bits per heavy atom. The van der Waals surface area contributed by atoms with Gasteiger partial charge >= 0.3 is 0 Å². The van der Waals surface area contributed by atoms with Crippen molar-refractivity contribution in [2.75, 3.05) is 5.73 Å². The second-order valence-corrected chi connectivity index (χ2v) is 3.74. The Labute approximate surface area is 110 Å². The van der Waals surface area contributed by atoms with Crippen molar-refractivity contribution in [3.63, 3.8) is 0 Å². The van der Waals surface area contributed by atoms with Crippen LogP contribution in [0.2, 0.25) is 0 Å². The van der Waals surface area contributed by atoms with Crippen molar-refractivity contribution in [2.24, 2.45) is 0 Å². The van der Waals surface area contributed by atoms with Crippen molar-refractivity contribution in [1.82, 2.24) is 0 Å². The zero-order valence-corrected chi connectivity index (χ0v) is 11.7. The quantitative estimate of drug-likeness (QED) is 0.755. The monoisotopic (exact) mass is 270 g/mol. The fraction of sp³-hybridized carbons (Fsp3) is 0.308. The van der Waals surface area contributed by atoms with Crippen LogP contribution in [0.3, 0.4) is 0 Å². The SMILES string of the molecule is CC.CC.N#Cc1c(N)sc2c(F)c(F)ccc12. The average molecular weight is 270 g/mol. The molecule has 2 aromatic rings. The molecule has 0 saturated heterocycles. The molecule has 0 radical (unpaired) electrons. The second kappa shape index (κ2) is 7.62. The molecule has 0 fully saturated rings. The molecule has 98 valence electrons. The van der Waals surface area contributed by atoms with Gasteiger partial charge in [-0.05, 0) is 12.1 Å². The standard InChI is InChI=1S/C9H4F2N2S.2C2H6/c10-6-2-1-4-5(3-12)9(13)14-8(4)7(6)11;2*1-2/h1-2H,13H2;2*1-2H3. The number of nitrogen functional groups attached to an aromatic ring is 1. The van der Waals surface area contributed by atoms with Gasteiger partial charge in [0.1, 0.15) is 11.1 Å². The van der Waals surface area contributed by atoms with Crippen molar-refractivity contribution >= 4 is 26.4 Å². The van der Waals surface area contributed by atoms with Crippen LogP contribution >= 0.6 is 11.3 Å². The van der Waals surface area contributed by atoms with Gasteiger partial charge in [-0.3, -0.25) is 0 Å². The predicted octanol–water partition coefficient (Wildman–Crippen LogP) is 4.69. The van der Waals surface area contributed by atoms with E-state index in [1.807, 2.05) is 33.8 Å². The highest BCUT2D eigenvalue weighted by atomic mass is 32.1. The van der Waals surface area contributed by atoms with E-state index in [0.29, 0.717) is 5.39 Å². The Morgan fingerprint density at radius 2 is 1.72 bits per heavy atom. The molecule has 0 aliphatic carbocycles. The van der Waals surface area contributed by atoms with Gasteiger partial charge in [0.05, 0.1) is 10.3 Å². The van der Waals surface area contributed by atoms with E-state index in [-0.39, 0.29) is 15.3 Å². The number of halogens is 2. The Bertz CT molecular complexity index is 556. The summed E-state index contributed by atoms with van der Waals surface area (Å²) in [6, 6.07) is 4.21. The Balaban J connectivity index is 0.000000659. The fourth-order valence-corrected chi connectivity index (χ4v) is 2.18. The normalized spacial score (nSPS) is 8.72. The van der Waals surface area contributed by atoms with Gasteiger partial charge in [-0.25, -0.2) is 8.78 Å². The summed E-state index contributed by atoms with van der Waals surface area (Å²) in [5, 5.41) is 9.31. The van der Waals surface area contributed by atoms with Crippen LogP contribution in [0, 0.1) is 23.0 Å². The number of nitrogens with two attached hydrogens (primary N) is 1. The lowest BCUT2D eigenvalue weighted by molar-refractivity contribution is 0.518. The van der Waals surface area contributed by atoms with E-state index in [2.05, 4.69) is 0 Å². The molecule has 1 aromatic heterocycles. The molecular formula is C13H16F2N2S. The van der Waals surface area contributed by atoms with E-state index in [1.165, 1.54) is 6.07 Å². The predicted molar refractivity (Wildman–Crippen MR) is 73.6 cm³/mol. The van der Waals surface area contributed by atoms with Gasteiger partial charge in [0.2, 0.25) is 0 Å². The van der Waals surface area contributed by atoms with E-state index < -0.39 is 11.6 Å². The smallest absolute Gasteiger partial charge is 0.176 e. The molecule has 1 heterocycles. The second-order valence-electron chi connectivity index (χ2n) is 2.69. The number of fused-ring (bicyclic) bond motifs is 1. The van der Waals surface area contributed by atoms with Crippen molar-refractivity contribution in [3.8, 4) is 6.07 Å². The van der Waals surface area contributed by atoms with E-state index in [1.54, 1.807) is 0 Å². The Hall–Kier alpha value is -1.67. The summed E-state index contributed by atoms with van der Waals surface area (Å²) in [6.07, 6.45) is 0. The van der Waals surface area contributed by atoms with Crippen LogP contribution in [0.1, 0.15) is 33.3 Å². The van der Waals surface area contributed by atoms with Crippen molar-refractivity contribution in [3.05, 3.63) is 29.3 Å². The molecule has 0 unspecified atom stereocenters. The lowest BCUT2D eigenvalue weighted by atomic mass is 10.2. The molecule has 2 N–H and O–H groups in total. The van der Waals surface area contributed by atoms with Crippen molar-refractivity contribution in [1.29, 1.82) is 5.26 Å². The van der Waals surface area contributed by atoms with Crippen LogP contribution < -0.4 is 5.73 Å². The molecule has 0 aliphatic heterocycles. The summed E-state index contributed by atoms with van der Waals surface area (Å²) in [5.41, 5.74) is 5.70. The minimum absolute atomic E-state index is 0.0963. The van der Waals surface area contributed by atoms with E-state index in [4.69, 9.17) is 11.0 Å². The van der Waals surface area contributed by atoms with E-state index in [0.717, 1.165) is 17.4 Å². The van der Waals surface area contributed by atoms with Crippen LogP contribution in [0.15, 0.2) is 12.1 Å². The zero-order chi connectivity index (χ0) is 14.3. The van der Waals surface area contributed by atoms with Crippen LogP contribution in [-0.4, -0.2) is 0 Å². The first-order valence-corrected chi connectivity index (χ1v) is 6.53. The number of thiophene rings is 1. The molecule has 2 rings (SSSR count). The zero-order valence-electron chi connectivity index (χ0n) is 10.8. The number of hydrogen-bond donors (Lipinski definition) is 1. The van der Waals surface area contributed by atoms with Gasteiger partial charge in [-0.2, -0.15) is 5.26 Å². The molecule has 0 amide bonds. The van der Waals surface area contributed by atoms with Gasteiger partial charge < -0.3 is 5.73 Å². The number of nitrogens with zero attached hydrogens (tertiary/aromatic N) is 1. The summed E-state index contributed by atoms with van der Waals surface area (Å²) >= 11 is 0.884. The highest BCUT2D eigenvalue weighted by molar-refractivity contribution is 7.23. The number of anilines is 1. The average Bonchev–Trinajstić information content (AvgIpc) is 2.75. The number of nitriles is 1. The van der Waals surface area contributed by atoms with Crippen molar-refractivity contribution < 1.29 is 8.78 Å². The molecule has 18 heavy (non-hydrogen) atoms. The van der Waals surface area contributed by atoms with Gasteiger partial charge in [0.25, 0.3) is 0 Å². The van der Waals surface area contributed by atoms with Crippen LogP contribution in [-0.2, 0) is 0 Å². The molecule has 5 heteroatoms. The summed E-state index contributed by atoms with van der Waals surface area (Å²) < 4.78 is 26.1. The number of rotatable bonds is 0. The summed E-state index contributed by atoms with van der Waals surface area (Å²) in [4.78, 5) is 0. The highest BCUT2D eigenvalue weighted by Gasteiger charge is 2.15. The lowest BCUT2D eigenvalue weighted by Gasteiger charge is -1.93. The molecule has 0 atom stereocenters. The van der Waals surface area contributed by atoms with Gasteiger partial charge in [-0.1, -0.05) is 27.7 Å². The first-order valence-electron chi connectivity index (χ1n) is 5.71. The first kappa shape index (κ1) is 16.3. The lowest BCUT2D eigenvalue weighted by Crippen LogP contribution is -1.84. The largest absolute Gasteiger partial charge is 0.389 e. The van der Waals surface area contributed by atoms with E-state index >= 15 is 0 Å². The third-order valence-electron chi connectivity index (χ3n) is 1.89. The number of hydrogen-bond acceptors (Lipinski definition) is 3. The third kappa shape index (κ3) is 2.96. The Morgan fingerprint density at radius 1 is 1.17 bits per heavy atom. The van der Waals surface area contributed by atoms with Gasteiger partial charge in [0.15, 0.2) is 11.6 Å². The minimum atomic E-state index is -0.944. The fourth-order valence-electron chi connectivity index (χ4n) is 1.24. The molecule has 0 bridgehead atoms. The molecule has 2 nitrogen and oxygen atoms in total. The van der Waals surface area contributed by atoms with E-state index in [9.17, 15) is 8.78 Å². The molecular weight excluding hydrogens is 254 g/mol. The third-order valence-corrected chi connectivity index (χ3v) is 2.92. The van der Waals surface area contributed by atoms with Crippen LogP contribution in [0.4, 0.5) is 13.8 Å². The Kier molecular flexibility index (Phi) is 6.91. The molecule has 0 aliphatic rings. The van der Waals surface area contributed by atoms with Crippen LogP contribution in [0.25, 0.3) is 10.1 Å².